The predicted molar refractivity (Wildman–Crippen MR) is 103 cm³/mol. The number of H-pyrrole nitrogens is 1. The maximum Gasteiger partial charge on any atom is 0.255 e. The van der Waals surface area contributed by atoms with Crippen molar-refractivity contribution in [3.05, 3.63) is 51.1 Å². The number of thioether (sulfide) groups is 1. The molecule has 2 heterocycles. The quantitative estimate of drug-likeness (QED) is 0.441. The molecule has 0 fully saturated rings. The highest BCUT2D eigenvalue weighted by molar-refractivity contribution is 8.00. The normalized spacial score (nSPS) is 11.9. The molecule has 3 aromatic rings. The fraction of sp³-hybridized carbons (Fsp3) is 0.125. The first kappa shape index (κ1) is 18.4. The lowest BCUT2D eigenvalue weighted by Crippen LogP contribution is -2.23. The monoisotopic (exact) mass is 408 g/mol. The summed E-state index contributed by atoms with van der Waals surface area (Å²) in [4.78, 5) is 34.3. The summed E-state index contributed by atoms with van der Waals surface area (Å²) in [5, 5.41) is 14.5. The van der Waals surface area contributed by atoms with E-state index in [9.17, 15) is 14.7 Å². The second-order valence-electron chi connectivity index (χ2n) is 5.18. The number of nitrogens with one attached hydrogen (secondary N) is 2. The predicted octanol–water partition coefficient (Wildman–Crippen LogP) is 3.37. The number of aromatic hydroxyl groups is 1. The van der Waals surface area contributed by atoms with Gasteiger partial charge in [0.25, 0.3) is 5.56 Å². The van der Waals surface area contributed by atoms with Crippen LogP contribution in [0.5, 0.6) is 5.88 Å². The van der Waals surface area contributed by atoms with Gasteiger partial charge in [-0.2, -0.15) is 4.98 Å². The SMILES string of the molecule is CC(Sc1nc(O)cc(=O)[nH]1)C(=O)Nc1nc(-c2ccccc2Cl)cs1. The number of aromatic amines is 1. The van der Waals surface area contributed by atoms with Crippen LogP contribution in [-0.4, -0.2) is 31.2 Å². The minimum Gasteiger partial charge on any atom is -0.493 e. The van der Waals surface area contributed by atoms with E-state index in [4.69, 9.17) is 11.6 Å². The van der Waals surface area contributed by atoms with Gasteiger partial charge in [0.1, 0.15) is 0 Å². The van der Waals surface area contributed by atoms with Crippen LogP contribution in [0.2, 0.25) is 5.02 Å². The first-order chi connectivity index (χ1) is 12.4. The number of carbonyl (C=O) groups is 1. The summed E-state index contributed by atoms with van der Waals surface area (Å²) in [7, 11) is 0. The Morgan fingerprint density at radius 1 is 1.38 bits per heavy atom. The van der Waals surface area contributed by atoms with E-state index in [2.05, 4.69) is 20.3 Å². The Labute approximate surface area is 161 Å². The number of rotatable bonds is 5. The number of amides is 1. The van der Waals surface area contributed by atoms with E-state index in [0.29, 0.717) is 15.8 Å². The number of anilines is 1. The minimum absolute atomic E-state index is 0.161. The Hall–Kier alpha value is -2.36. The van der Waals surface area contributed by atoms with Crippen LogP contribution in [0.3, 0.4) is 0 Å². The molecule has 0 bridgehead atoms. The fourth-order valence-corrected chi connectivity index (χ4v) is 3.78. The van der Waals surface area contributed by atoms with E-state index in [0.717, 1.165) is 23.4 Å². The second-order valence-corrected chi connectivity index (χ2v) is 7.77. The molecular formula is C16H13ClN4O3S2. The Morgan fingerprint density at radius 3 is 2.88 bits per heavy atom. The van der Waals surface area contributed by atoms with Gasteiger partial charge in [-0.25, -0.2) is 4.98 Å². The standard InChI is InChI=1S/C16H13ClN4O3S2/c1-8(26-16-19-12(22)6-13(23)20-16)14(24)21-15-18-11(7-25-15)9-4-2-3-5-10(9)17/h2-8H,1H3,(H,18,21,24)(H2,19,20,22,23). The van der Waals surface area contributed by atoms with Gasteiger partial charge in [-0.3, -0.25) is 9.59 Å². The van der Waals surface area contributed by atoms with Crippen LogP contribution in [0.4, 0.5) is 5.13 Å². The number of benzene rings is 1. The third-order valence-corrected chi connectivity index (χ3v) is 5.32. The Bertz CT molecular complexity index is 1000. The number of aromatic nitrogens is 3. The van der Waals surface area contributed by atoms with Gasteiger partial charge in [0, 0.05) is 16.0 Å². The summed E-state index contributed by atoms with van der Waals surface area (Å²) in [6.07, 6.45) is 0. The number of hydrogen-bond acceptors (Lipinski definition) is 7. The van der Waals surface area contributed by atoms with Gasteiger partial charge in [-0.05, 0) is 13.0 Å². The van der Waals surface area contributed by atoms with Crippen LogP contribution in [0.1, 0.15) is 6.92 Å². The summed E-state index contributed by atoms with van der Waals surface area (Å²) in [5.74, 6) is -0.700. The Balaban J connectivity index is 1.68. The van der Waals surface area contributed by atoms with Gasteiger partial charge in [0.05, 0.1) is 17.0 Å². The van der Waals surface area contributed by atoms with Crippen molar-refractivity contribution >= 4 is 45.7 Å². The molecule has 0 aliphatic rings. The van der Waals surface area contributed by atoms with Gasteiger partial charge in [0.15, 0.2) is 10.3 Å². The summed E-state index contributed by atoms with van der Waals surface area (Å²) in [5.41, 5.74) is 0.974. The molecule has 0 saturated heterocycles. The van der Waals surface area contributed by atoms with Crippen molar-refractivity contribution < 1.29 is 9.90 Å². The van der Waals surface area contributed by atoms with Crippen molar-refractivity contribution in [2.45, 2.75) is 17.3 Å². The first-order valence-corrected chi connectivity index (χ1v) is 9.54. The second kappa shape index (κ2) is 7.90. The zero-order valence-corrected chi connectivity index (χ0v) is 15.8. The van der Waals surface area contributed by atoms with Crippen molar-refractivity contribution in [2.75, 3.05) is 5.32 Å². The third-order valence-electron chi connectivity index (χ3n) is 3.25. The van der Waals surface area contributed by atoms with Crippen LogP contribution >= 0.6 is 34.7 Å². The largest absolute Gasteiger partial charge is 0.493 e. The Morgan fingerprint density at radius 2 is 2.15 bits per heavy atom. The molecule has 0 aliphatic heterocycles. The topological polar surface area (TPSA) is 108 Å². The van der Waals surface area contributed by atoms with Crippen molar-refractivity contribution in [1.29, 1.82) is 0 Å². The summed E-state index contributed by atoms with van der Waals surface area (Å²) < 4.78 is 0. The molecule has 0 aliphatic carbocycles. The number of nitrogens with zero attached hydrogens (tertiary/aromatic N) is 2. The average molecular weight is 409 g/mol. The van der Waals surface area contributed by atoms with Gasteiger partial charge < -0.3 is 15.4 Å². The van der Waals surface area contributed by atoms with Gasteiger partial charge in [-0.1, -0.05) is 41.6 Å². The van der Waals surface area contributed by atoms with Crippen LogP contribution in [0, 0.1) is 0 Å². The van der Waals surface area contributed by atoms with Crippen molar-refractivity contribution in [3.8, 4) is 17.1 Å². The fourth-order valence-electron chi connectivity index (χ4n) is 2.03. The summed E-state index contributed by atoms with van der Waals surface area (Å²) >= 11 is 8.47. The molecule has 1 amide bonds. The molecule has 2 aromatic heterocycles. The third kappa shape index (κ3) is 4.43. The van der Waals surface area contributed by atoms with Crippen LogP contribution in [-0.2, 0) is 4.79 Å². The lowest BCUT2D eigenvalue weighted by atomic mass is 10.2. The van der Waals surface area contributed by atoms with Crippen LogP contribution < -0.4 is 10.9 Å². The molecule has 10 heteroatoms. The van der Waals surface area contributed by atoms with E-state index in [1.165, 1.54) is 11.3 Å². The zero-order valence-electron chi connectivity index (χ0n) is 13.4. The maximum atomic E-state index is 12.3. The van der Waals surface area contributed by atoms with E-state index in [1.54, 1.807) is 13.0 Å². The lowest BCUT2D eigenvalue weighted by molar-refractivity contribution is -0.115. The molecule has 1 unspecified atom stereocenters. The highest BCUT2D eigenvalue weighted by atomic mass is 35.5. The van der Waals surface area contributed by atoms with Crippen molar-refractivity contribution in [3.63, 3.8) is 0 Å². The van der Waals surface area contributed by atoms with Gasteiger partial charge in [0.2, 0.25) is 11.8 Å². The number of hydrogen-bond donors (Lipinski definition) is 3. The molecule has 0 saturated carbocycles. The molecule has 134 valence electrons. The molecular weight excluding hydrogens is 396 g/mol. The number of thiazole rings is 1. The minimum atomic E-state index is -0.562. The molecule has 26 heavy (non-hydrogen) atoms. The highest BCUT2D eigenvalue weighted by Gasteiger charge is 2.18. The van der Waals surface area contributed by atoms with E-state index >= 15 is 0 Å². The van der Waals surface area contributed by atoms with Crippen LogP contribution in [0.25, 0.3) is 11.3 Å². The first-order valence-electron chi connectivity index (χ1n) is 7.40. The van der Waals surface area contributed by atoms with Crippen LogP contribution in [0.15, 0.2) is 45.7 Å². The zero-order chi connectivity index (χ0) is 18.7. The van der Waals surface area contributed by atoms with Crippen molar-refractivity contribution in [2.24, 2.45) is 0 Å². The molecule has 1 aromatic carbocycles. The molecule has 0 radical (unpaired) electrons. The summed E-state index contributed by atoms with van der Waals surface area (Å²) in [6.45, 7) is 1.66. The number of halogens is 1. The molecule has 3 rings (SSSR count). The molecule has 7 nitrogen and oxygen atoms in total. The summed E-state index contributed by atoms with van der Waals surface area (Å²) in [6, 6.07) is 8.28. The Kier molecular flexibility index (Phi) is 5.60. The highest BCUT2D eigenvalue weighted by Crippen LogP contribution is 2.30. The van der Waals surface area contributed by atoms with E-state index in [1.807, 2.05) is 23.6 Å². The van der Waals surface area contributed by atoms with E-state index in [-0.39, 0.29) is 11.1 Å². The van der Waals surface area contributed by atoms with E-state index < -0.39 is 16.7 Å². The lowest BCUT2D eigenvalue weighted by Gasteiger charge is -2.09. The maximum absolute atomic E-state index is 12.3. The average Bonchev–Trinajstić information content (AvgIpc) is 3.02. The molecule has 0 spiro atoms. The van der Waals surface area contributed by atoms with Gasteiger partial charge in [-0.15, -0.1) is 11.3 Å². The number of carbonyl (C=O) groups excluding carboxylic acids is 1. The smallest absolute Gasteiger partial charge is 0.255 e. The molecule has 1 atom stereocenters. The van der Waals surface area contributed by atoms with Crippen molar-refractivity contribution in [1.82, 2.24) is 15.0 Å². The molecule has 3 N–H and O–H groups in total. The van der Waals surface area contributed by atoms with Gasteiger partial charge >= 0.3 is 0 Å².